The number of hydrogen-bond donors (Lipinski definition) is 1. The van der Waals surface area contributed by atoms with Gasteiger partial charge in [0.2, 0.25) is 0 Å². The van der Waals surface area contributed by atoms with Gasteiger partial charge in [-0.1, -0.05) is 0 Å². The zero-order chi connectivity index (χ0) is 22.0. The van der Waals surface area contributed by atoms with Crippen LogP contribution in [0.3, 0.4) is 0 Å². The maximum absolute atomic E-state index is 13.4. The molecule has 1 amide bonds. The SMILES string of the molecule is CCOC(=O)c1[nH]c(C)c(C(=O)[C@@H](C)N(C(=O)c2ccc(OC)cc2)C2CC2)c1C. The number of hydrogen-bond acceptors (Lipinski definition) is 5. The van der Waals surface area contributed by atoms with Gasteiger partial charge < -0.3 is 19.4 Å². The van der Waals surface area contributed by atoms with Crippen LogP contribution in [0.1, 0.15) is 69.2 Å². The van der Waals surface area contributed by atoms with Crippen LogP contribution in [0.4, 0.5) is 0 Å². The minimum atomic E-state index is -0.657. The van der Waals surface area contributed by atoms with E-state index in [4.69, 9.17) is 9.47 Å². The zero-order valence-corrected chi connectivity index (χ0v) is 18.1. The highest BCUT2D eigenvalue weighted by Gasteiger charge is 2.40. The fraction of sp³-hybridized carbons (Fsp3) is 0.435. The van der Waals surface area contributed by atoms with Gasteiger partial charge in [-0.3, -0.25) is 9.59 Å². The summed E-state index contributed by atoms with van der Waals surface area (Å²) in [6.07, 6.45) is 1.75. The summed E-state index contributed by atoms with van der Waals surface area (Å²) in [4.78, 5) is 43.5. The maximum atomic E-state index is 13.4. The molecule has 7 nitrogen and oxygen atoms in total. The van der Waals surface area contributed by atoms with Gasteiger partial charge >= 0.3 is 5.97 Å². The number of carbonyl (C=O) groups excluding carboxylic acids is 3. The van der Waals surface area contributed by atoms with Crippen LogP contribution in [0.25, 0.3) is 0 Å². The molecule has 1 fully saturated rings. The zero-order valence-electron chi connectivity index (χ0n) is 18.1. The molecule has 1 N–H and O–H groups in total. The van der Waals surface area contributed by atoms with Crippen molar-refractivity contribution >= 4 is 17.7 Å². The Bertz CT molecular complexity index is 957. The van der Waals surface area contributed by atoms with Gasteiger partial charge in [0, 0.05) is 22.9 Å². The lowest BCUT2D eigenvalue weighted by atomic mass is 9.99. The summed E-state index contributed by atoms with van der Waals surface area (Å²) in [6, 6.07) is 6.27. The summed E-state index contributed by atoms with van der Waals surface area (Å²) in [7, 11) is 1.57. The number of Topliss-reactive ketones (excluding diaryl/α,β-unsaturated/α-hetero) is 1. The highest BCUT2D eigenvalue weighted by molar-refractivity contribution is 6.07. The lowest BCUT2D eigenvalue weighted by Crippen LogP contribution is -2.45. The lowest BCUT2D eigenvalue weighted by Gasteiger charge is -2.29. The van der Waals surface area contributed by atoms with Crippen molar-refractivity contribution in [1.29, 1.82) is 0 Å². The predicted octanol–water partition coefficient (Wildman–Crippen LogP) is 3.69. The number of amides is 1. The van der Waals surface area contributed by atoms with Crippen molar-refractivity contribution in [2.24, 2.45) is 0 Å². The number of aromatic amines is 1. The molecule has 0 unspecified atom stereocenters. The summed E-state index contributed by atoms with van der Waals surface area (Å²) in [6.45, 7) is 7.21. The molecule has 0 bridgehead atoms. The maximum Gasteiger partial charge on any atom is 0.355 e. The summed E-state index contributed by atoms with van der Waals surface area (Å²) < 4.78 is 10.2. The van der Waals surface area contributed by atoms with E-state index in [1.54, 1.807) is 64.0 Å². The molecule has 1 aliphatic carbocycles. The van der Waals surface area contributed by atoms with Crippen molar-refractivity contribution in [2.45, 2.75) is 52.6 Å². The third-order valence-electron chi connectivity index (χ3n) is 5.47. The summed E-state index contributed by atoms with van der Waals surface area (Å²) in [5, 5.41) is 0. The minimum absolute atomic E-state index is 0.0441. The van der Waals surface area contributed by atoms with Crippen LogP contribution >= 0.6 is 0 Å². The average molecular weight is 412 g/mol. The number of nitrogens with one attached hydrogen (secondary N) is 1. The number of aryl methyl sites for hydroxylation is 1. The van der Waals surface area contributed by atoms with Crippen molar-refractivity contribution in [1.82, 2.24) is 9.88 Å². The summed E-state index contributed by atoms with van der Waals surface area (Å²) in [5.74, 6) is -0.195. The Morgan fingerprint density at radius 2 is 1.80 bits per heavy atom. The molecule has 0 aliphatic heterocycles. The summed E-state index contributed by atoms with van der Waals surface area (Å²) >= 11 is 0. The van der Waals surface area contributed by atoms with E-state index in [9.17, 15) is 14.4 Å². The van der Waals surface area contributed by atoms with Crippen LogP contribution in [0.5, 0.6) is 5.75 Å². The molecule has 160 valence electrons. The number of H-pyrrole nitrogens is 1. The van der Waals surface area contributed by atoms with Crippen LogP contribution in [-0.2, 0) is 4.74 Å². The Balaban J connectivity index is 1.89. The second-order valence-corrected chi connectivity index (χ2v) is 7.56. The van der Waals surface area contributed by atoms with E-state index in [0.29, 0.717) is 28.1 Å². The third-order valence-corrected chi connectivity index (χ3v) is 5.47. The van der Waals surface area contributed by atoms with Crippen molar-refractivity contribution < 1.29 is 23.9 Å². The number of rotatable bonds is 8. The van der Waals surface area contributed by atoms with Crippen molar-refractivity contribution in [3.63, 3.8) is 0 Å². The number of benzene rings is 1. The third kappa shape index (κ3) is 4.10. The first-order valence-corrected chi connectivity index (χ1v) is 10.2. The number of nitrogens with zero attached hydrogens (tertiary/aromatic N) is 1. The average Bonchev–Trinajstić information content (AvgIpc) is 3.52. The van der Waals surface area contributed by atoms with Crippen LogP contribution < -0.4 is 4.74 Å². The Hall–Kier alpha value is -3.09. The second-order valence-electron chi connectivity index (χ2n) is 7.56. The molecule has 1 heterocycles. The molecule has 7 heteroatoms. The molecule has 30 heavy (non-hydrogen) atoms. The highest BCUT2D eigenvalue weighted by atomic mass is 16.5. The molecule has 1 aliphatic rings. The van der Waals surface area contributed by atoms with Crippen LogP contribution in [0.15, 0.2) is 24.3 Å². The molecule has 1 aromatic heterocycles. The fourth-order valence-corrected chi connectivity index (χ4v) is 3.76. The first-order valence-electron chi connectivity index (χ1n) is 10.2. The second kappa shape index (κ2) is 8.73. The smallest absolute Gasteiger partial charge is 0.355 e. The van der Waals surface area contributed by atoms with Gasteiger partial charge in [-0.2, -0.15) is 0 Å². The monoisotopic (exact) mass is 412 g/mol. The van der Waals surface area contributed by atoms with Crippen molar-refractivity contribution in [2.75, 3.05) is 13.7 Å². The van der Waals surface area contributed by atoms with Gasteiger partial charge in [0.15, 0.2) is 5.78 Å². The Morgan fingerprint density at radius 3 is 2.33 bits per heavy atom. The quantitative estimate of drug-likeness (QED) is 0.528. The van der Waals surface area contributed by atoms with Gasteiger partial charge in [0.25, 0.3) is 5.91 Å². The fourth-order valence-electron chi connectivity index (χ4n) is 3.76. The molecule has 3 rings (SSSR count). The van der Waals surface area contributed by atoms with E-state index in [0.717, 1.165) is 12.8 Å². The van der Waals surface area contributed by atoms with E-state index in [2.05, 4.69) is 4.98 Å². The first kappa shape index (κ1) is 21.6. The van der Waals surface area contributed by atoms with Gasteiger partial charge in [-0.25, -0.2) is 4.79 Å². The van der Waals surface area contributed by atoms with E-state index in [-0.39, 0.29) is 30.0 Å². The van der Waals surface area contributed by atoms with Gasteiger partial charge in [0.05, 0.1) is 19.8 Å². The van der Waals surface area contributed by atoms with E-state index >= 15 is 0 Å². The molecule has 2 aromatic rings. The Labute approximate surface area is 176 Å². The molecular formula is C23H28N2O5. The number of methoxy groups -OCH3 is 1. The van der Waals surface area contributed by atoms with Crippen molar-refractivity contribution in [3.05, 3.63) is 52.3 Å². The molecule has 0 radical (unpaired) electrons. The van der Waals surface area contributed by atoms with Gasteiger partial charge in [-0.05, 0) is 70.4 Å². The van der Waals surface area contributed by atoms with Crippen molar-refractivity contribution in [3.8, 4) is 5.75 Å². The Morgan fingerprint density at radius 1 is 1.17 bits per heavy atom. The molecule has 1 atom stereocenters. The van der Waals surface area contributed by atoms with E-state index in [1.165, 1.54) is 0 Å². The predicted molar refractivity (Wildman–Crippen MR) is 112 cm³/mol. The van der Waals surface area contributed by atoms with E-state index < -0.39 is 12.0 Å². The van der Waals surface area contributed by atoms with Gasteiger partial charge in [-0.15, -0.1) is 0 Å². The highest BCUT2D eigenvalue weighted by Crippen LogP contribution is 2.32. The molecule has 1 saturated carbocycles. The van der Waals surface area contributed by atoms with E-state index in [1.807, 2.05) is 0 Å². The standard InChI is InChI=1S/C23H28N2O5/c1-6-30-23(28)20-13(2)19(14(3)24-20)21(26)15(4)25(17-9-10-17)22(27)16-7-11-18(29-5)12-8-16/h7-8,11-12,15,17,24H,6,9-10H2,1-5H3/t15-/m1/s1. The normalized spacial score (nSPS) is 14.2. The minimum Gasteiger partial charge on any atom is -0.497 e. The molecule has 1 aromatic carbocycles. The largest absolute Gasteiger partial charge is 0.497 e. The number of ketones is 1. The molecule has 0 spiro atoms. The van der Waals surface area contributed by atoms with Crippen LogP contribution in [0.2, 0.25) is 0 Å². The Kier molecular flexibility index (Phi) is 6.29. The first-order chi connectivity index (χ1) is 14.3. The lowest BCUT2D eigenvalue weighted by molar-refractivity contribution is 0.0518. The van der Waals surface area contributed by atoms with Gasteiger partial charge in [0.1, 0.15) is 11.4 Å². The summed E-state index contributed by atoms with van der Waals surface area (Å²) in [5.41, 5.74) is 2.38. The molecule has 0 saturated heterocycles. The number of ether oxygens (including phenoxy) is 2. The number of carbonyl (C=O) groups is 3. The topological polar surface area (TPSA) is 88.7 Å². The van der Waals surface area contributed by atoms with Crippen LogP contribution in [-0.4, -0.2) is 53.3 Å². The van der Waals surface area contributed by atoms with Crippen LogP contribution in [0, 0.1) is 13.8 Å². The number of esters is 1. The molecular weight excluding hydrogens is 384 g/mol. The number of aromatic nitrogens is 1.